The number of fused-ring (bicyclic) bond motifs is 5. The van der Waals surface area contributed by atoms with Crippen LogP contribution in [0.25, 0.3) is 0 Å². The van der Waals surface area contributed by atoms with Crippen LogP contribution >= 0.6 is 0 Å². The van der Waals surface area contributed by atoms with E-state index in [-0.39, 0.29) is 11.3 Å². The SMILES string of the molecule is C=CN(CC(=O)[C@H]1CC[C@H]2[C@@H]3CC[C@H]4C[C@](C)(O)CC[C@]4(C)[C@H]3CC[C@]12C)N=C. The highest BCUT2D eigenvalue weighted by Gasteiger charge is 2.61. The molecule has 1 N–H and O–H groups in total. The van der Waals surface area contributed by atoms with E-state index in [1.54, 1.807) is 11.2 Å². The van der Waals surface area contributed by atoms with Crippen LogP contribution < -0.4 is 0 Å². The van der Waals surface area contributed by atoms with Crippen molar-refractivity contribution in [3.8, 4) is 0 Å². The summed E-state index contributed by atoms with van der Waals surface area (Å²) < 4.78 is 0. The van der Waals surface area contributed by atoms with Crippen LogP contribution in [0.4, 0.5) is 0 Å². The maximum absolute atomic E-state index is 13.2. The summed E-state index contributed by atoms with van der Waals surface area (Å²) in [4.78, 5) is 13.2. The number of carbonyl (C=O) groups is 1. The molecule has 0 saturated heterocycles. The van der Waals surface area contributed by atoms with E-state index in [0.29, 0.717) is 29.6 Å². The van der Waals surface area contributed by atoms with Gasteiger partial charge in [-0.25, -0.2) is 0 Å². The molecule has 4 aliphatic carbocycles. The summed E-state index contributed by atoms with van der Waals surface area (Å²) in [7, 11) is 0. The van der Waals surface area contributed by atoms with Gasteiger partial charge in [-0.15, -0.1) is 0 Å². The van der Waals surface area contributed by atoms with Gasteiger partial charge in [0, 0.05) is 18.8 Å². The molecule has 0 aromatic rings. The monoisotopic (exact) mass is 400 g/mol. The molecule has 4 fully saturated rings. The van der Waals surface area contributed by atoms with Crippen molar-refractivity contribution in [1.29, 1.82) is 0 Å². The summed E-state index contributed by atoms with van der Waals surface area (Å²) in [5, 5.41) is 16.1. The van der Waals surface area contributed by atoms with E-state index in [0.717, 1.165) is 37.5 Å². The van der Waals surface area contributed by atoms with Crippen molar-refractivity contribution in [2.24, 2.45) is 45.5 Å². The van der Waals surface area contributed by atoms with Crippen molar-refractivity contribution in [2.45, 2.75) is 84.2 Å². The molecule has 0 radical (unpaired) electrons. The summed E-state index contributed by atoms with van der Waals surface area (Å²) >= 11 is 0. The van der Waals surface area contributed by atoms with E-state index < -0.39 is 5.60 Å². The summed E-state index contributed by atoms with van der Waals surface area (Å²) in [5.41, 5.74) is 0.0396. The fourth-order valence-corrected chi connectivity index (χ4v) is 8.40. The standard InChI is InChI=1S/C25H40N2O2/c1-6-27(26-5)16-22(28)21-10-9-19-18-8-7-17-15-23(2,29)13-14-24(17,3)20(18)11-12-25(19,21)4/h6,17-21,29H,1,5,7-16H2,2-4H3/t17-,18-,19-,20-,21+,23+,24-,25-/m0/s1. The lowest BCUT2D eigenvalue weighted by atomic mass is 9.44. The van der Waals surface area contributed by atoms with E-state index in [1.807, 2.05) is 6.92 Å². The summed E-state index contributed by atoms with van der Waals surface area (Å²) in [6.07, 6.45) is 11.9. The van der Waals surface area contributed by atoms with Crippen molar-refractivity contribution in [3.63, 3.8) is 0 Å². The minimum absolute atomic E-state index is 0.135. The number of hydrogen-bond donors (Lipinski definition) is 1. The van der Waals surface area contributed by atoms with Gasteiger partial charge >= 0.3 is 0 Å². The predicted molar refractivity (Wildman–Crippen MR) is 117 cm³/mol. The Labute approximate surface area is 176 Å². The second-order valence-electron chi connectivity index (χ2n) is 11.4. The van der Waals surface area contributed by atoms with Gasteiger partial charge in [-0.2, -0.15) is 5.10 Å². The molecule has 0 aromatic carbocycles. The largest absolute Gasteiger partial charge is 0.390 e. The van der Waals surface area contributed by atoms with Crippen LogP contribution in [0.2, 0.25) is 0 Å². The number of aliphatic hydroxyl groups is 1. The molecule has 4 rings (SSSR count). The van der Waals surface area contributed by atoms with Gasteiger partial charge in [-0.1, -0.05) is 20.4 Å². The predicted octanol–water partition coefficient (Wildman–Crippen LogP) is 5.03. The molecule has 0 amide bonds. The van der Waals surface area contributed by atoms with Gasteiger partial charge in [0.1, 0.15) is 0 Å². The molecule has 0 aliphatic heterocycles. The zero-order valence-electron chi connectivity index (χ0n) is 18.7. The van der Waals surface area contributed by atoms with Crippen molar-refractivity contribution >= 4 is 12.5 Å². The summed E-state index contributed by atoms with van der Waals surface area (Å²) in [6.45, 7) is 14.6. The minimum Gasteiger partial charge on any atom is -0.390 e. The van der Waals surface area contributed by atoms with Gasteiger partial charge in [0.2, 0.25) is 0 Å². The molecule has 4 saturated carbocycles. The van der Waals surface area contributed by atoms with Crippen molar-refractivity contribution in [2.75, 3.05) is 6.54 Å². The Kier molecular flexibility index (Phi) is 5.25. The topological polar surface area (TPSA) is 52.9 Å². The molecule has 8 atom stereocenters. The normalized spacial score (nSPS) is 48.8. The number of hydrazone groups is 1. The molecule has 162 valence electrons. The number of carbonyl (C=O) groups excluding carboxylic acids is 1. The van der Waals surface area contributed by atoms with E-state index in [4.69, 9.17) is 0 Å². The first-order chi connectivity index (χ1) is 13.6. The molecule has 0 heterocycles. The van der Waals surface area contributed by atoms with Crippen LogP contribution in [0.5, 0.6) is 0 Å². The third-order valence-electron chi connectivity index (χ3n) is 10.1. The van der Waals surface area contributed by atoms with Crippen molar-refractivity contribution < 1.29 is 9.90 Å². The number of nitrogens with zero attached hydrogens (tertiary/aromatic N) is 2. The highest BCUT2D eigenvalue weighted by molar-refractivity contribution is 5.84. The van der Waals surface area contributed by atoms with Crippen LogP contribution in [-0.4, -0.2) is 34.8 Å². The summed E-state index contributed by atoms with van der Waals surface area (Å²) in [6, 6.07) is 0. The lowest BCUT2D eigenvalue weighted by Crippen LogP contribution is -2.55. The fourth-order valence-electron chi connectivity index (χ4n) is 8.40. The van der Waals surface area contributed by atoms with Gasteiger partial charge in [0.05, 0.1) is 12.1 Å². The molecule has 4 heteroatoms. The van der Waals surface area contributed by atoms with Crippen LogP contribution in [0, 0.1) is 40.4 Å². The van der Waals surface area contributed by atoms with E-state index in [9.17, 15) is 9.90 Å². The van der Waals surface area contributed by atoms with Crippen molar-refractivity contribution in [3.05, 3.63) is 12.8 Å². The Bertz CT molecular complexity index is 680. The zero-order chi connectivity index (χ0) is 21.0. The van der Waals surface area contributed by atoms with Gasteiger partial charge in [0.15, 0.2) is 5.78 Å². The molecule has 0 bridgehead atoms. The van der Waals surface area contributed by atoms with E-state index >= 15 is 0 Å². The first-order valence-electron chi connectivity index (χ1n) is 11.8. The van der Waals surface area contributed by atoms with Gasteiger partial charge in [0.25, 0.3) is 0 Å². The smallest absolute Gasteiger partial charge is 0.157 e. The number of hydrogen-bond acceptors (Lipinski definition) is 4. The molecule has 0 aromatic heterocycles. The third kappa shape index (κ3) is 3.30. The summed E-state index contributed by atoms with van der Waals surface area (Å²) in [5.74, 6) is 3.32. The Morgan fingerprint density at radius 2 is 1.79 bits per heavy atom. The van der Waals surface area contributed by atoms with E-state index in [1.165, 1.54) is 32.1 Å². The highest BCUT2D eigenvalue weighted by Crippen LogP contribution is 2.68. The van der Waals surface area contributed by atoms with Crippen LogP contribution in [0.3, 0.4) is 0 Å². The molecular formula is C25H40N2O2. The van der Waals surface area contributed by atoms with Crippen LogP contribution in [0.1, 0.15) is 78.6 Å². The first-order valence-corrected chi connectivity index (χ1v) is 11.8. The third-order valence-corrected chi connectivity index (χ3v) is 10.1. The molecule has 4 nitrogen and oxygen atoms in total. The molecule has 0 unspecified atom stereocenters. The lowest BCUT2D eigenvalue weighted by Gasteiger charge is -2.61. The van der Waals surface area contributed by atoms with E-state index in [2.05, 4.69) is 32.2 Å². The maximum Gasteiger partial charge on any atom is 0.157 e. The minimum atomic E-state index is -0.471. The van der Waals surface area contributed by atoms with Gasteiger partial charge < -0.3 is 5.11 Å². The van der Waals surface area contributed by atoms with Crippen LogP contribution in [-0.2, 0) is 4.79 Å². The Hall–Kier alpha value is -1.16. The number of ketones is 1. The molecule has 29 heavy (non-hydrogen) atoms. The Morgan fingerprint density at radius 3 is 2.48 bits per heavy atom. The van der Waals surface area contributed by atoms with Crippen LogP contribution in [0.15, 0.2) is 17.9 Å². The lowest BCUT2D eigenvalue weighted by molar-refractivity contribution is -0.150. The Balaban J connectivity index is 1.53. The fraction of sp³-hybridized carbons (Fsp3) is 0.840. The highest BCUT2D eigenvalue weighted by atomic mass is 16.3. The first kappa shape index (κ1) is 21.1. The average molecular weight is 401 g/mol. The number of rotatable bonds is 5. The van der Waals surface area contributed by atoms with Gasteiger partial charge in [-0.3, -0.25) is 9.80 Å². The second kappa shape index (κ2) is 7.21. The zero-order valence-corrected chi connectivity index (χ0v) is 18.7. The maximum atomic E-state index is 13.2. The molecule has 0 spiro atoms. The average Bonchev–Trinajstić information content (AvgIpc) is 3.03. The Morgan fingerprint density at radius 1 is 1.07 bits per heavy atom. The molecular weight excluding hydrogens is 360 g/mol. The number of Topliss-reactive ketones (excluding diaryl/α,β-unsaturated/α-hetero) is 1. The molecule has 4 aliphatic rings. The van der Waals surface area contributed by atoms with Crippen molar-refractivity contribution in [1.82, 2.24) is 5.01 Å². The quantitative estimate of drug-likeness (QED) is 0.520. The van der Waals surface area contributed by atoms with Gasteiger partial charge in [-0.05, 0) is 99.2 Å². The second-order valence-corrected chi connectivity index (χ2v) is 11.4.